The summed E-state index contributed by atoms with van der Waals surface area (Å²) in [5.74, 6) is 0.433. The summed E-state index contributed by atoms with van der Waals surface area (Å²) >= 11 is 8.74. The SMILES string of the molecule is CC(Sc1nc(N)c2sc(Cl)nc2n1)c1ccccc1. The van der Waals surface area contributed by atoms with Gasteiger partial charge in [-0.15, -0.1) is 0 Å². The van der Waals surface area contributed by atoms with Crippen molar-refractivity contribution in [3.8, 4) is 0 Å². The van der Waals surface area contributed by atoms with Crippen molar-refractivity contribution in [1.29, 1.82) is 0 Å². The molecule has 0 bridgehead atoms. The van der Waals surface area contributed by atoms with Gasteiger partial charge in [-0.05, 0) is 12.5 Å². The highest BCUT2D eigenvalue weighted by Crippen LogP contribution is 2.35. The second-order valence-corrected chi connectivity index (χ2v) is 7.07. The summed E-state index contributed by atoms with van der Waals surface area (Å²) in [7, 11) is 0. The number of halogens is 1. The molecular weight excluding hydrogens is 312 g/mol. The van der Waals surface area contributed by atoms with Crippen LogP contribution in [0.4, 0.5) is 5.82 Å². The maximum Gasteiger partial charge on any atom is 0.192 e. The molecule has 0 aliphatic rings. The van der Waals surface area contributed by atoms with Crippen LogP contribution >= 0.6 is 34.7 Å². The number of fused-ring (bicyclic) bond motifs is 1. The van der Waals surface area contributed by atoms with E-state index >= 15 is 0 Å². The van der Waals surface area contributed by atoms with E-state index in [1.165, 1.54) is 16.9 Å². The van der Waals surface area contributed by atoms with Gasteiger partial charge in [-0.2, -0.15) is 0 Å². The summed E-state index contributed by atoms with van der Waals surface area (Å²) in [4.78, 5) is 12.9. The number of aromatic nitrogens is 3. The first-order chi connectivity index (χ1) is 9.63. The third kappa shape index (κ3) is 2.72. The molecule has 2 N–H and O–H groups in total. The number of benzene rings is 1. The van der Waals surface area contributed by atoms with Gasteiger partial charge in [0.1, 0.15) is 10.5 Å². The van der Waals surface area contributed by atoms with Crippen molar-refractivity contribution in [1.82, 2.24) is 15.0 Å². The number of nitrogens with zero attached hydrogens (tertiary/aromatic N) is 3. The first kappa shape index (κ1) is 13.6. The van der Waals surface area contributed by atoms with Gasteiger partial charge in [0.25, 0.3) is 0 Å². The van der Waals surface area contributed by atoms with Crippen molar-refractivity contribution in [3.05, 3.63) is 40.4 Å². The normalized spacial score (nSPS) is 12.7. The molecule has 0 amide bonds. The molecule has 1 unspecified atom stereocenters. The zero-order chi connectivity index (χ0) is 14.1. The number of thiazole rings is 1. The quantitative estimate of drug-likeness (QED) is 0.579. The third-order valence-electron chi connectivity index (χ3n) is 2.78. The van der Waals surface area contributed by atoms with Crippen molar-refractivity contribution >= 4 is 50.9 Å². The van der Waals surface area contributed by atoms with E-state index in [2.05, 4.69) is 34.0 Å². The Kier molecular flexibility index (Phi) is 3.78. The van der Waals surface area contributed by atoms with E-state index in [1.54, 1.807) is 11.8 Å². The Labute approximate surface area is 129 Å². The van der Waals surface area contributed by atoms with Crippen LogP contribution in [0.3, 0.4) is 0 Å². The van der Waals surface area contributed by atoms with Crippen LogP contribution in [0.15, 0.2) is 35.5 Å². The highest BCUT2D eigenvalue weighted by atomic mass is 35.5. The number of anilines is 1. The van der Waals surface area contributed by atoms with Gasteiger partial charge in [0.05, 0.1) is 0 Å². The lowest BCUT2D eigenvalue weighted by atomic mass is 10.2. The standard InChI is InChI=1S/C13H11ClN4S2/c1-7(8-5-3-2-4-6-8)19-13-16-10(15)9-11(18-13)17-12(14)20-9/h2-7H,1H3,(H2,15,16,18). The molecule has 3 aromatic rings. The molecule has 0 saturated carbocycles. The Morgan fingerprint density at radius 1 is 1.20 bits per heavy atom. The highest BCUT2D eigenvalue weighted by molar-refractivity contribution is 7.99. The molecule has 2 heterocycles. The summed E-state index contributed by atoms with van der Waals surface area (Å²) in [6, 6.07) is 10.2. The van der Waals surface area contributed by atoms with Gasteiger partial charge >= 0.3 is 0 Å². The second-order valence-electron chi connectivity index (χ2n) is 4.18. The number of hydrogen-bond acceptors (Lipinski definition) is 6. The van der Waals surface area contributed by atoms with Crippen LogP contribution in [-0.4, -0.2) is 15.0 Å². The highest BCUT2D eigenvalue weighted by Gasteiger charge is 2.14. The zero-order valence-electron chi connectivity index (χ0n) is 10.6. The third-order valence-corrected chi connectivity index (χ3v) is 4.98. The number of thioether (sulfide) groups is 1. The predicted molar refractivity (Wildman–Crippen MR) is 85.3 cm³/mol. The van der Waals surface area contributed by atoms with Crippen LogP contribution in [0, 0.1) is 0 Å². The van der Waals surface area contributed by atoms with E-state index in [9.17, 15) is 0 Å². The largest absolute Gasteiger partial charge is 0.382 e. The molecule has 20 heavy (non-hydrogen) atoms. The van der Waals surface area contributed by atoms with Crippen molar-refractivity contribution in [2.45, 2.75) is 17.3 Å². The second kappa shape index (κ2) is 5.55. The van der Waals surface area contributed by atoms with Crippen LogP contribution < -0.4 is 5.73 Å². The Morgan fingerprint density at radius 2 is 1.95 bits per heavy atom. The fourth-order valence-corrected chi connectivity index (χ4v) is 3.65. The molecule has 0 aliphatic heterocycles. The van der Waals surface area contributed by atoms with Crippen LogP contribution in [0.25, 0.3) is 10.3 Å². The molecular formula is C13H11ClN4S2. The van der Waals surface area contributed by atoms with Gasteiger partial charge in [-0.25, -0.2) is 15.0 Å². The summed E-state index contributed by atoms with van der Waals surface area (Å²) in [6.07, 6.45) is 0. The van der Waals surface area contributed by atoms with Crippen LogP contribution in [0.5, 0.6) is 0 Å². The van der Waals surface area contributed by atoms with Gasteiger partial charge in [0, 0.05) is 5.25 Å². The lowest BCUT2D eigenvalue weighted by Crippen LogP contribution is -1.97. The fourth-order valence-electron chi connectivity index (χ4n) is 1.80. The Bertz CT molecular complexity index is 745. The zero-order valence-corrected chi connectivity index (χ0v) is 13.0. The number of nitrogens with two attached hydrogens (primary N) is 1. The molecule has 0 saturated heterocycles. The lowest BCUT2D eigenvalue weighted by molar-refractivity contribution is 0.982. The summed E-state index contributed by atoms with van der Waals surface area (Å²) in [5.41, 5.74) is 7.72. The minimum Gasteiger partial charge on any atom is -0.382 e. The molecule has 4 nitrogen and oxygen atoms in total. The van der Waals surface area contributed by atoms with Crippen LogP contribution in [0.2, 0.25) is 4.47 Å². The van der Waals surface area contributed by atoms with Crippen molar-refractivity contribution in [2.75, 3.05) is 5.73 Å². The van der Waals surface area contributed by atoms with E-state index in [1.807, 2.05) is 18.2 Å². The molecule has 2 aromatic heterocycles. The first-order valence-electron chi connectivity index (χ1n) is 5.94. The molecule has 0 aliphatic carbocycles. The average molecular weight is 323 g/mol. The van der Waals surface area contributed by atoms with E-state index in [0.29, 0.717) is 21.1 Å². The molecule has 0 spiro atoms. The van der Waals surface area contributed by atoms with Crippen molar-refractivity contribution < 1.29 is 0 Å². The van der Waals surface area contributed by atoms with Crippen LogP contribution in [0.1, 0.15) is 17.7 Å². The van der Waals surface area contributed by atoms with E-state index in [-0.39, 0.29) is 5.25 Å². The van der Waals surface area contributed by atoms with Gasteiger partial charge in [-0.1, -0.05) is 65.0 Å². The number of rotatable bonds is 3. The van der Waals surface area contributed by atoms with Gasteiger partial charge < -0.3 is 5.73 Å². The Morgan fingerprint density at radius 3 is 2.70 bits per heavy atom. The molecule has 1 aromatic carbocycles. The summed E-state index contributed by atoms with van der Waals surface area (Å²) in [5, 5.41) is 0.857. The topological polar surface area (TPSA) is 64.7 Å². The minimum absolute atomic E-state index is 0.238. The first-order valence-corrected chi connectivity index (χ1v) is 8.02. The van der Waals surface area contributed by atoms with Gasteiger partial charge in [-0.3, -0.25) is 0 Å². The molecule has 7 heteroatoms. The van der Waals surface area contributed by atoms with Crippen molar-refractivity contribution in [3.63, 3.8) is 0 Å². The maximum atomic E-state index is 5.93. The number of hydrogen-bond donors (Lipinski definition) is 1. The summed E-state index contributed by atoms with van der Waals surface area (Å²) in [6.45, 7) is 2.11. The summed E-state index contributed by atoms with van der Waals surface area (Å²) < 4.78 is 1.17. The van der Waals surface area contributed by atoms with E-state index < -0.39 is 0 Å². The van der Waals surface area contributed by atoms with Crippen molar-refractivity contribution in [2.24, 2.45) is 0 Å². The van der Waals surface area contributed by atoms with Crippen LogP contribution in [-0.2, 0) is 0 Å². The van der Waals surface area contributed by atoms with Gasteiger partial charge in [0.2, 0.25) is 0 Å². The predicted octanol–water partition coefficient (Wildman–Crippen LogP) is 4.18. The molecule has 3 rings (SSSR count). The van der Waals surface area contributed by atoms with Gasteiger partial charge in [0.15, 0.2) is 15.3 Å². The Balaban J connectivity index is 1.91. The maximum absolute atomic E-state index is 5.93. The minimum atomic E-state index is 0.238. The fraction of sp³-hybridized carbons (Fsp3) is 0.154. The Hall–Kier alpha value is -1.37. The average Bonchev–Trinajstić information content (AvgIpc) is 2.81. The van der Waals surface area contributed by atoms with E-state index in [4.69, 9.17) is 17.3 Å². The molecule has 1 atom stereocenters. The molecule has 0 radical (unpaired) electrons. The molecule has 0 fully saturated rings. The van der Waals surface area contributed by atoms with E-state index in [0.717, 1.165) is 4.70 Å². The molecule has 102 valence electrons. The monoisotopic (exact) mass is 322 g/mol. The lowest BCUT2D eigenvalue weighted by Gasteiger charge is -2.10. The number of nitrogen functional groups attached to an aromatic ring is 1. The smallest absolute Gasteiger partial charge is 0.192 e.